The minimum absolute atomic E-state index is 0.864. The first kappa shape index (κ1) is 14.9. The smallest absolute Gasteiger partial charge is 0.0369 e. The number of rotatable bonds is 7. The quantitative estimate of drug-likeness (QED) is 0.778. The van der Waals surface area contributed by atoms with Gasteiger partial charge in [-0.05, 0) is 63.4 Å². The second-order valence-electron chi connectivity index (χ2n) is 6.60. The second kappa shape index (κ2) is 7.28. The predicted octanol–water partition coefficient (Wildman–Crippen LogP) is 2.65. The molecule has 116 valence electrons. The van der Waals surface area contributed by atoms with E-state index in [0.29, 0.717) is 0 Å². The van der Waals surface area contributed by atoms with Crippen molar-refractivity contribution in [2.45, 2.75) is 38.6 Å². The number of unbranched alkanes of at least 4 members (excludes halogenated alkanes) is 1. The molecule has 1 saturated carbocycles. The molecule has 1 aromatic carbocycles. The summed E-state index contributed by atoms with van der Waals surface area (Å²) in [5, 5.41) is 3.60. The molecule has 0 amide bonds. The molecule has 1 aromatic rings. The Labute approximate surface area is 129 Å². The van der Waals surface area contributed by atoms with Gasteiger partial charge in [0.05, 0.1) is 0 Å². The Hall–Kier alpha value is -1.06. The fraction of sp³-hybridized carbons (Fsp3) is 0.667. The van der Waals surface area contributed by atoms with Gasteiger partial charge in [0.2, 0.25) is 0 Å². The van der Waals surface area contributed by atoms with Gasteiger partial charge in [0, 0.05) is 37.9 Å². The van der Waals surface area contributed by atoms with Crippen molar-refractivity contribution in [2.24, 2.45) is 0 Å². The van der Waals surface area contributed by atoms with Crippen LogP contribution in [0.15, 0.2) is 24.3 Å². The van der Waals surface area contributed by atoms with Crippen molar-refractivity contribution in [2.75, 3.05) is 44.2 Å². The number of hydrogen-bond acceptors (Lipinski definition) is 3. The zero-order valence-electron chi connectivity index (χ0n) is 13.4. The second-order valence-corrected chi connectivity index (χ2v) is 6.60. The van der Waals surface area contributed by atoms with Crippen molar-refractivity contribution in [3.63, 3.8) is 0 Å². The molecule has 0 unspecified atom stereocenters. The van der Waals surface area contributed by atoms with Crippen LogP contribution in [0.2, 0.25) is 0 Å². The highest BCUT2D eigenvalue weighted by atomic mass is 15.3. The van der Waals surface area contributed by atoms with Gasteiger partial charge in [-0.25, -0.2) is 0 Å². The number of anilines is 1. The Morgan fingerprint density at radius 1 is 1.10 bits per heavy atom. The van der Waals surface area contributed by atoms with E-state index in [4.69, 9.17) is 0 Å². The molecule has 1 aliphatic carbocycles. The average molecular weight is 287 g/mol. The molecule has 0 spiro atoms. The molecular weight excluding hydrogens is 258 g/mol. The summed E-state index contributed by atoms with van der Waals surface area (Å²) in [4.78, 5) is 5.15. The van der Waals surface area contributed by atoms with E-state index >= 15 is 0 Å². The Morgan fingerprint density at radius 2 is 1.90 bits per heavy atom. The average Bonchev–Trinajstić information content (AvgIpc) is 3.32. The van der Waals surface area contributed by atoms with Gasteiger partial charge in [-0.15, -0.1) is 0 Å². The third-order valence-electron chi connectivity index (χ3n) is 4.65. The summed E-state index contributed by atoms with van der Waals surface area (Å²) in [5.74, 6) is 0. The van der Waals surface area contributed by atoms with Crippen LogP contribution in [0.4, 0.5) is 5.69 Å². The van der Waals surface area contributed by atoms with E-state index in [1.54, 1.807) is 0 Å². The Kier molecular flexibility index (Phi) is 5.15. The van der Waals surface area contributed by atoms with Gasteiger partial charge >= 0.3 is 0 Å². The van der Waals surface area contributed by atoms with Gasteiger partial charge in [0.1, 0.15) is 0 Å². The molecule has 1 N–H and O–H groups in total. The summed E-state index contributed by atoms with van der Waals surface area (Å²) < 4.78 is 0. The predicted molar refractivity (Wildman–Crippen MR) is 90.1 cm³/mol. The molecule has 0 bridgehead atoms. The Balaban J connectivity index is 1.32. The highest BCUT2D eigenvalue weighted by molar-refractivity contribution is 5.48. The Morgan fingerprint density at radius 3 is 2.62 bits per heavy atom. The van der Waals surface area contributed by atoms with E-state index < -0.39 is 0 Å². The lowest BCUT2D eigenvalue weighted by molar-refractivity contribution is 0.252. The molecule has 1 heterocycles. The molecule has 2 aliphatic rings. The van der Waals surface area contributed by atoms with E-state index in [9.17, 15) is 0 Å². The van der Waals surface area contributed by atoms with Crippen LogP contribution in [-0.4, -0.2) is 50.2 Å². The first-order valence-electron chi connectivity index (χ1n) is 8.58. The van der Waals surface area contributed by atoms with Gasteiger partial charge in [0.25, 0.3) is 0 Å². The van der Waals surface area contributed by atoms with E-state index in [1.165, 1.54) is 76.2 Å². The van der Waals surface area contributed by atoms with Gasteiger partial charge in [-0.1, -0.05) is 12.1 Å². The maximum absolute atomic E-state index is 3.60. The fourth-order valence-electron chi connectivity index (χ4n) is 3.11. The lowest BCUT2D eigenvalue weighted by Gasteiger charge is -2.36. The van der Waals surface area contributed by atoms with Crippen LogP contribution in [0.3, 0.4) is 0 Å². The van der Waals surface area contributed by atoms with E-state index in [0.717, 1.165) is 6.04 Å². The van der Waals surface area contributed by atoms with Crippen LogP contribution in [0, 0.1) is 6.92 Å². The maximum atomic E-state index is 3.60. The van der Waals surface area contributed by atoms with E-state index in [-0.39, 0.29) is 0 Å². The minimum atomic E-state index is 0.864. The van der Waals surface area contributed by atoms with Crippen molar-refractivity contribution in [3.8, 4) is 0 Å². The van der Waals surface area contributed by atoms with Crippen LogP contribution in [0.5, 0.6) is 0 Å². The van der Waals surface area contributed by atoms with Crippen molar-refractivity contribution in [1.82, 2.24) is 10.2 Å². The summed E-state index contributed by atoms with van der Waals surface area (Å²) in [6.45, 7) is 9.43. The van der Waals surface area contributed by atoms with Gasteiger partial charge in [0.15, 0.2) is 0 Å². The molecule has 3 heteroatoms. The lowest BCUT2D eigenvalue weighted by atomic mass is 10.2. The van der Waals surface area contributed by atoms with Crippen molar-refractivity contribution < 1.29 is 0 Å². The topological polar surface area (TPSA) is 18.5 Å². The highest BCUT2D eigenvalue weighted by Crippen LogP contribution is 2.19. The summed E-state index contributed by atoms with van der Waals surface area (Å²) in [7, 11) is 0. The van der Waals surface area contributed by atoms with E-state index in [2.05, 4.69) is 46.3 Å². The first-order chi connectivity index (χ1) is 10.3. The third-order valence-corrected chi connectivity index (χ3v) is 4.65. The molecule has 3 rings (SSSR count). The largest absolute Gasteiger partial charge is 0.369 e. The zero-order valence-corrected chi connectivity index (χ0v) is 13.4. The molecule has 0 aromatic heterocycles. The van der Waals surface area contributed by atoms with Gasteiger partial charge < -0.3 is 10.2 Å². The number of benzene rings is 1. The summed E-state index contributed by atoms with van der Waals surface area (Å²) in [5.41, 5.74) is 2.75. The fourth-order valence-corrected chi connectivity index (χ4v) is 3.11. The van der Waals surface area contributed by atoms with E-state index in [1.807, 2.05) is 0 Å². The van der Waals surface area contributed by atoms with Crippen molar-refractivity contribution in [1.29, 1.82) is 0 Å². The zero-order chi connectivity index (χ0) is 14.5. The molecule has 1 aliphatic heterocycles. The molecule has 2 fully saturated rings. The van der Waals surface area contributed by atoms with Crippen LogP contribution >= 0.6 is 0 Å². The van der Waals surface area contributed by atoms with Crippen LogP contribution in [0.1, 0.15) is 31.2 Å². The minimum Gasteiger partial charge on any atom is -0.369 e. The standard InChI is InChI=1S/C18H29N3/c1-16-5-4-6-18(15-16)21-13-11-20(12-14-21)10-3-2-9-19-17-7-8-17/h4-6,15,17,19H,2-3,7-14H2,1H3. The lowest BCUT2D eigenvalue weighted by Crippen LogP contribution is -2.46. The Bertz CT molecular complexity index is 434. The van der Waals surface area contributed by atoms with Gasteiger partial charge in [-0.2, -0.15) is 0 Å². The molecular formula is C18H29N3. The number of nitrogens with zero attached hydrogens (tertiary/aromatic N) is 2. The number of aryl methyl sites for hydroxylation is 1. The van der Waals surface area contributed by atoms with Crippen molar-refractivity contribution in [3.05, 3.63) is 29.8 Å². The molecule has 1 saturated heterocycles. The van der Waals surface area contributed by atoms with Crippen LogP contribution < -0.4 is 10.2 Å². The first-order valence-corrected chi connectivity index (χ1v) is 8.58. The van der Waals surface area contributed by atoms with Crippen LogP contribution in [0.25, 0.3) is 0 Å². The van der Waals surface area contributed by atoms with Crippen LogP contribution in [-0.2, 0) is 0 Å². The molecule has 0 atom stereocenters. The summed E-state index contributed by atoms with van der Waals surface area (Å²) in [6.07, 6.45) is 5.47. The van der Waals surface area contributed by atoms with Crippen molar-refractivity contribution >= 4 is 5.69 Å². The summed E-state index contributed by atoms with van der Waals surface area (Å²) in [6, 6.07) is 9.76. The third kappa shape index (κ3) is 4.72. The van der Waals surface area contributed by atoms with Gasteiger partial charge in [-0.3, -0.25) is 4.90 Å². The number of hydrogen-bond donors (Lipinski definition) is 1. The normalized spacial score (nSPS) is 20.0. The molecule has 0 radical (unpaired) electrons. The summed E-state index contributed by atoms with van der Waals surface area (Å²) >= 11 is 0. The maximum Gasteiger partial charge on any atom is 0.0369 e. The highest BCUT2D eigenvalue weighted by Gasteiger charge is 2.20. The SMILES string of the molecule is Cc1cccc(N2CCN(CCCCNC3CC3)CC2)c1. The monoisotopic (exact) mass is 287 g/mol. The number of piperazine rings is 1. The molecule has 21 heavy (non-hydrogen) atoms. The molecule has 3 nitrogen and oxygen atoms in total. The number of nitrogens with one attached hydrogen (secondary N) is 1.